The van der Waals surface area contributed by atoms with Gasteiger partial charge in [0, 0.05) is 5.56 Å². The van der Waals surface area contributed by atoms with Gasteiger partial charge in [0.2, 0.25) is 0 Å². The van der Waals surface area contributed by atoms with Gasteiger partial charge in [-0.25, -0.2) is 4.98 Å². The molecule has 6 nitrogen and oxygen atoms in total. The highest BCUT2D eigenvalue weighted by molar-refractivity contribution is 6.25. The molecule has 0 amide bonds. The molecule has 6 heteroatoms. The molecule has 5 aromatic carbocycles. The molecule has 6 aromatic rings. The first-order valence-corrected chi connectivity index (χ1v) is 11.1. The van der Waals surface area contributed by atoms with Crippen molar-refractivity contribution in [2.24, 2.45) is 0 Å². The third-order valence-corrected chi connectivity index (χ3v) is 5.97. The number of benzene rings is 5. The fourth-order valence-electron chi connectivity index (χ4n) is 4.54. The average Bonchev–Trinajstić information content (AvgIpc) is 2.82. The van der Waals surface area contributed by atoms with E-state index >= 15 is 0 Å². The molecule has 2 N–H and O–H groups in total. The highest BCUT2D eigenvalue weighted by Gasteiger charge is 2.20. The third-order valence-electron chi connectivity index (χ3n) is 5.97. The minimum atomic E-state index is -0.164. The van der Waals surface area contributed by atoms with Gasteiger partial charge in [0.25, 0.3) is 0 Å². The highest BCUT2D eigenvalue weighted by Crippen LogP contribution is 2.40. The molecular formula is C28H21N3O3. The number of nitrogens with zero attached hydrogens (tertiary/aromatic N) is 3. The molecule has 0 unspecified atom stereocenters. The van der Waals surface area contributed by atoms with Crippen molar-refractivity contribution in [3.63, 3.8) is 0 Å². The van der Waals surface area contributed by atoms with E-state index in [1.807, 2.05) is 19.9 Å². The van der Waals surface area contributed by atoms with E-state index in [2.05, 4.69) is 63.5 Å². The molecule has 0 spiro atoms. The van der Waals surface area contributed by atoms with Gasteiger partial charge in [0.1, 0.15) is 17.1 Å². The number of ether oxygens (including phenoxy) is 1. The zero-order valence-electron chi connectivity index (χ0n) is 18.6. The lowest BCUT2D eigenvalue weighted by Crippen LogP contribution is -2.10. The van der Waals surface area contributed by atoms with Gasteiger partial charge in [0.05, 0.1) is 6.10 Å². The molecule has 1 heterocycles. The maximum atomic E-state index is 10.4. The Kier molecular flexibility index (Phi) is 4.48. The van der Waals surface area contributed by atoms with Gasteiger partial charge in [-0.2, -0.15) is 9.97 Å². The Morgan fingerprint density at radius 1 is 0.647 bits per heavy atom. The number of hydrogen-bond acceptors (Lipinski definition) is 6. The van der Waals surface area contributed by atoms with Gasteiger partial charge in [0.15, 0.2) is 11.6 Å². The number of aromatic nitrogens is 3. The Balaban J connectivity index is 1.66. The Labute approximate surface area is 195 Å². The largest absolute Gasteiger partial charge is 0.507 e. The van der Waals surface area contributed by atoms with Crippen LogP contribution in [-0.2, 0) is 0 Å². The first kappa shape index (κ1) is 20.2. The lowest BCUT2D eigenvalue weighted by atomic mass is 9.92. The summed E-state index contributed by atoms with van der Waals surface area (Å²) in [5.74, 6) is 0.300. The topological polar surface area (TPSA) is 88.4 Å². The monoisotopic (exact) mass is 447 g/mol. The van der Waals surface area contributed by atoms with Crippen molar-refractivity contribution in [1.29, 1.82) is 0 Å². The maximum Gasteiger partial charge on any atom is 0.320 e. The fraction of sp³-hybridized carbons (Fsp3) is 0.107. The quantitative estimate of drug-likeness (QED) is 0.308. The van der Waals surface area contributed by atoms with Crippen LogP contribution in [0.15, 0.2) is 72.8 Å². The number of hydrogen-bond donors (Lipinski definition) is 2. The van der Waals surface area contributed by atoms with Gasteiger partial charge in [-0.05, 0) is 64.4 Å². The van der Waals surface area contributed by atoms with Crippen LogP contribution in [0.5, 0.6) is 17.5 Å². The van der Waals surface area contributed by atoms with Crippen LogP contribution in [0.3, 0.4) is 0 Å². The van der Waals surface area contributed by atoms with Gasteiger partial charge in [-0.3, -0.25) is 0 Å². The molecule has 166 valence electrons. The van der Waals surface area contributed by atoms with Crippen molar-refractivity contribution in [1.82, 2.24) is 15.0 Å². The van der Waals surface area contributed by atoms with E-state index in [0.29, 0.717) is 5.82 Å². The molecule has 0 bridgehead atoms. The van der Waals surface area contributed by atoms with Crippen molar-refractivity contribution in [3.05, 3.63) is 72.8 Å². The van der Waals surface area contributed by atoms with Crippen molar-refractivity contribution < 1.29 is 14.9 Å². The summed E-state index contributed by atoms with van der Waals surface area (Å²) in [5, 5.41) is 27.7. The van der Waals surface area contributed by atoms with Gasteiger partial charge >= 0.3 is 6.01 Å². The standard InChI is InChI=1S/C28H21N3O3/c1-15(2)34-28-30-26(29-27(31-28)25-21(32)7-4-8-22(25)33)20-14-12-18-10-9-16-5-3-6-17-11-13-19(20)24(18)23(16)17/h3-15,32-33H,1-2H3. The summed E-state index contributed by atoms with van der Waals surface area (Å²) in [6, 6.07) is 23.5. The zero-order chi connectivity index (χ0) is 23.4. The summed E-state index contributed by atoms with van der Waals surface area (Å²) in [6.07, 6.45) is -0.164. The van der Waals surface area contributed by atoms with E-state index < -0.39 is 0 Å². The minimum Gasteiger partial charge on any atom is -0.507 e. The smallest absolute Gasteiger partial charge is 0.320 e. The molecule has 0 aliphatic heterocycles. The van der Waals surface area contributed by atoms with Crippen LogP contribution in [0.25, 0.3) is 55.1 Å². The summed E-state index contributed by atoms with van der Waals surface area (Å²) in [5.41, 5.74) is 0.954. The molecule has 1 aromatic heterocycles. The normalized spacial score (nSPS) is 11.7. The molecule has 0 aliphatic carbocycles. The van der Waals surface area contributed by atoms with E-state index in [0.717, 1.165) is 21.7 Å². The van der Waals surface area contributed by atoms with Crippen LogP contribution < -0.4 is 4.74 Å². The number of rotatable bonds is 4. The molecular weight excluding hydrogens is 426 g/mol. The molecule has 6 rings (SSSR count). The van der Waals surface area contributed by atoms with Crippen LogP contribution in [0.2, 0.25) is 0 Å². The molecule has 0 atom stereocenters. The summed E-state index contributed by atoms with van der Waals surface area (Å²) in [7, 11) is 0. The Morgan fingerprint density at radius 3 is 1.94 bits per heavy atom. The Bertz CT molecular complexity index is 1660. The Morgan fingerprint density at radius 2 is 1.24 bits per heavy atom. The zero-order valence-corrected chi connectivity index (χ0v) is 18.6. The lowest BCUT2D eigenvalue weighted by Gasteiger charge is -2.15. The van der Waals surface area contributed by atoms with E-state index in [1.54, 1.807) is 6.07 Å². The molecule has 34 heavy (non-hydrogen) atoms. The van der Waals surface area contributed by atoms with Crippen molar-refractivity contribution in [2.45, 2.75) is 20.0 Å². The van der Waals surface area contributed by atoms with Gasteiger partial charge in [-0.15, -0.1) is 0 Å². The van der Waals surface area contributed by atoms with E-state index in [4.69, 9.17) is 4.74 Å². The van der Waals surface area contributed by atoms with Crippen molar-refractivity contribution >= 4 is 32.3 Å². The second-order valence-electron chi connectivity index (χ2n) is 8.57. The molecule has 0 aliphatic rings. The van der Waals surface area contributed by atoms with Crippen LogP contribution in [-0.4, -0.2) is 31.3 Å². The lowest BCUT2D eigenvalue weighted by molar-refractivity contribution is 0.222. The number of phenols is 2. The van der Waals surface area contributed by atoms with Crippen LogP contribution in [0, 0.1) is 0 Å². The molecule has 0 saturated heterocycles. The van der Waals surface area contributed by atoms with Crippen LogP contribution in [0.4, 0.5) is 0 Å². The molecule has 0 saturated carbocycles. The summed E-state index contributed by atoms with van der Waals surface area (Å²) in [4.78, 5) is 13.7. The summed E-state index contributed by atoms with van der Waals surface area (Å²) < 4.78 is 5.82. The number of aromatic hydroxyl groups is 2. The summed E-state index contributed by atoms with van der Waals surface area (Å²) in [6.45, 7) is 3.77. The van der Waals surface area contributed by atoms with E-state index in [1.165, 1.54) is 28.3 Å². The predicted molar refractivity (Wildman–Crippen MR) is 133 cm³/mol. The molecule has 0 radical (unpaired) electrons. The SMILES string of the molecule is CC(C)Oc1nc(-c2c(O)cccc2O)nc(-c2ccc3ccc4cccc5ccc2c3c45)n1. The average molecular weight is 447 g/mol. The maximum absolute atomic E-state index is 10.4. The summed E-state index contributed by atoms with van der Waals surface area (Å²) >= 11 is 0. The first-order valence-electron chi connectivity index (χ1n) is 11.1. The van der Waals surface area contributed by atoms with Gasteiger partial charge < -0.3 is 14.9 Å². The number of phenolic OH excluding ortho intramolecular Hbond substituents is 2. The predicted octanol–water partition coefficient (Wildman–Crippen LogP) is 6.30. The molecule has 0 fully saturated rings. The van der Waals surface area contributed by atoms with Crippen molar-refractivity contribution in [3.8, 4) is 40.3 Å². The van der Waals surface area contributed by atoms with E-state index in [-0.39, 0.29) is 35.0 Å². The van der Waals surface area contributed by atoms with Crippen molar-refractivity contribution in [2.75, 3.05) is 0 Å². The van der Waals surface area contributed by atoms with E-state index in [9.17, 15) is 10.2 Å². The van der Waals surface area contributed by atoms with Crippen LogP contribution >= 0.6 is 0 Å². The minimum absolute atomic E-state index is 0.122. The second-order valence-corrected chi connectivity index (χ2v) is 8.57. The van der Waals surface area contributed by atoms with Crippen LogP contribution in [0.1, 0.15) is 13.8 Å². The fourth-order valence-corrected chi connectivity index (χ4v) is 4.54. The highest BCUT2D eigenvalue weighted by atomic mass is 16.5. The Hall–Kier alpha value is -4.45. The third kappa shape index (κ3) is 3.15. The second kappa shape index (κ2) is 7.56. The van der Waals surface area contributed by atoms with Gasteiger partial charge in [-0.1, -0.05) is 54.6 Å². The first-order chi connectivity index (χ1) is 16.5.